The number of hydrogen-bond acceptors (Lipinski definition) is 7. The summed E-state index contributed by atoms with van der Waals surface area (Å²) in [6.07, 6.45) is 10.6. The average molecular weight is 405 g/mol. The molecular formula is C22H28N8. The number of aryl methyl sites for hydroxylation is 1. The summed E-state index contributed by atoms with van der Waals surface area (Å²) in [5, 5.41) is 6.62. The molecule has 8 nitrogen and oxygen atoms in total. The summed E-state index contributed by atoms with van der Waals surface area (Å²) in [6.45, 7) is 6.11. The van der Waals surface area contributed by atoms with Crippen LogP contribution in [0.25, 0.3) is 11.4 Å². The molecule has 0 bridgehead atoms. The molecule has 8 heteroatoms. The molecule has 1 aliphatic heterocycles. The summed E-state index contributed by atoms with van der Waals surface area (Å²) in [5.41, 5.74) is 3.09. The largest absolute Gasteiger partial charge is 0.368 e. The molecule has 0 spiro atoms. The fraction of sp³-hybridized carbons (Fsp3) is 0.455. The van der Waals surface area contributed by atoms with Crippen LogP contribution in [0.2, 0.25) is 0 Å². The van der Waals surface area contributed by atoms with Gasteiger partial charge in [-0.15, -0.1) is 0 Å². The molecule has 1 saturated heterocycles. The molecule has 0 atom stereocenters. The second-order valence-corrected chi connectivity index (χ2v) is 8.03. The first-order valence-electron chi connectivity index (χ1n) is 10.8. The van der Waals surface area contributed by atoms with Crippen LogP contribution in [0.1, 0.15) is 37.5 Å². The van der Waals surface area contributed by atoms with Crippen molar-refractivity contribution in [2.45, 2.75) is 38.6 Å². The summed E-state index contributed by atoms with van der Waals surface area (Å²) in [5.74, 6) is 2.34. The number of aromatic nitrogens is 5. The quantitative estimate of drug-likeness (QED) is 0.675. The molecule has 4 heterocycles. The van der Waals surface area contributed by atoms with Crippen LogP contribution in [-0.4, -0.2) is 50.7 Å². The lowest BCUT2D eigenvalue weighted by atomic mass is 10.2. The minimum Gasteiger partial charge on any atom is -0.368 e. The van der Waals surface area contributed by atoms with E-state index in [1.807, 2.05) is 24.5 Å². The van der Waals surface area contributed by atoms with Gasteiger partial charge in [-0.05, 0) is 38.0 Å². The predicted molar refractivity (Wildman–Crippen MR) is 118 cm³/mol. The lowest BCUT2D eigenvalue weighted by Crippen LogP contribution is -2.43. The van der Waals surface area contributed by atoms with Gasteiger partial charge in [0.25, 0.3) is 0 Å². The van der Waals surface area contributed by atoms with Gasteiger partial charge in [-0.25, -0.2) is 19.9 Å². The van der Waals surface area contributed by atoms with Gasteiger partial charge in [0.05, 0.1) is 29.5 Å². The maximum absolute atomic E-state index is 4.75. The van der Waals surface area contributed by atoms with Crippen molar-refractivity contribution >= 4 is 17.5 Å². The number of anilines is 3. The van der Waals surface area contributed by atoms with Crippen molar-refractivity contribution in [1.29, 1.82) is 0 Å². The van der Waals surface area contributed by atoms with E-state index in [0.29, 0.717) is 12.0 Å². The Kier molecular flexibility index (Phi) is 5.31. The fourth-order valence-electron chi connectivity index (χ4n) is 4.51. The lowest BCUT2D eigenvalue weighted by Gasteiger charge is -2.29. The lowest BCUT2D eigenvalue weighted by molar-refractivity contribution is 0.510. The van der Waals surface area contributed by atoms with E-state index >= 15 is 0 Å². The van der Waals surface area contributed by atoms with Crippen LogP contribution in [0.5, 0.6) is 0 Å². The van der Waals surface area contributed by atoms with E-state index in [-0.39, 0.29) is 0 Å². The third-order valence-electron chi connectivity index (χ3n) is 6.06. The van der Waals surface area contributed by atoms with Crippen LogP contribution in [0.4, 0.5) is 17.5 Å². The zero-order valence-electron chi connectivity index (χ0n) is 17.4. The highest BCUT2D eigenvalue weighted by Crippen LogP contribution is 2.34. The van der Waals surface area contributed by atoms with E-state index in [4.69, 9.17) is 4.98 Å². The molecule has 0 amide bonds. The van der Waals surface area contributed by atoms with Gasteiger partial charge in [0, 0.05) is 38.4 Å². The maximum atomic E-state index is 4.75. The third-order valence-corrected chi connectivity index (χ3v) is 6.06. The Morgan fingerprint density at radius 3 is 2.60 bits per heavy atom. The third kappa shape index (κ3) is 3.87. The zero-order valence-corrected chi connectivity index (χ0v) is 17.4. The number of imidazole rings is 1. The first-order chi connectivity index (χ1) is 14.8. The highest BCUT2D eigenvalue weighted by atomic mass is 15.2. The minimum atomic E-state index is 0.521. The first-order valence-corrected chi connectivity index (χ1v) is 10.8. The van der Waals surface area contributed by atoms with E-state index in [2.05, 4.69) is 48.0 Å². The SMILES string of the molecule is Cc1ncc(-c2ccnc(Nc3ccc(N4CCNCC4)cn3)n2)n1C1CCCC1. The fourth-order valence-corrected chi connectivity index (χ4v) is 4.51. The van der Waals surface area contributed by atoms with E-state index < -0.39 is 0 Å². The van der Waals surface area contributed by atoms with Crippen LogP contribution in [0.3, 0.4) is 0 Å². The van der Waals surface area contributed by atoms with Crippen molar-refractivity contribution in [3.05, 3.63) is 42.6 Å². The Bertz CT molecular complexity index is 985. The molecule has 0 aromatic carbocycles. The zero-order chi connectivity index (χ0) is 20.3. The Balaban J connectivity index is 1.34. The second-order valence-electron chi connectivity index (χ2n) is 8.03. The summed E-state index contributed by atoms with van der Waals surface area (Å²) >= 11 is 0. The number of nitrogens with one attached hydrogen (secondary N) is 2. The molecule has 3 aromatic rings. The molecule has 1 aliphatic carbocycles. The highest BCUT2D eigenvalue weighted by molar-refractivity contribution is 5.59. The Morgan fingerprint density at radius 1 is 1.00 bits per heavy atom. The minimum absolute atomic E-state index is 0.521. The molecule has 0 unspecified atom stereocenters. The number of rotatable bonds is 5. The highest BCUT2D eigenvalue weighted by Gasteiger charge is 2.22. The van der Waals surface area contributed by atoms with Crippen molar-refractivity contribution < 1.29 is 0 Å². The van der Waals surface area contributed by atoms with Crippen LogP contribution >= 0.6 is 0 Å². The van der Waals surface area contributed by atoms with Gasteiger partial charge in [-0.2, -0.15) is 0 Å². The molecular weight excluding hydrogens is 376 g/mol. The summed E-state index contributed by atoms with van der Waals surface area (Å²) < 4.78 is 2.35. The molecule has 5 rings (SSSR count). The van der Waals surface area contributed by atoms with Gasteiger partial charge in [0.1, 0.15) is 11.6 Å². The van der Waals surface area contributed by atoms with Gasteiger partial charge >= 0.3 is 0 Å². The number of piperazine rings is 1. The average Bonchev–Trinajstić information content (AvgIpc) is 3.44. The van der Waals surface area contributed by atoms with Crippen molar-refractivity contribution in [2.75, 3.05) is 36.4 Å². The predicted octanol–water partition coefficient (Wildman–Crippen LogP) is 3.31. The maximum Gasteiger partial charge on any atom is 0.228 e. The van der Waals surface area contributed by atoms with Gasteiger partial charge in [-0.3, -0.25) is 0 Å². The van der Waals surface area contributed by atoms with Crippen molar-refractivity contribution in [1.82, 2.24) is 29.8 Å². The Labute approximate surface area is 176 Å². The van der Waals surface area contributed by atoms with E-state index in [0.717, 1.165) is 54.9 Å². The number of nitrogens with zero attached hydrogens (tertiary/aromatic N) is 6. The van der Waals surface area contributed by atoms with Crippen LogP contribution in [-0.2, 0) is 0 Å². The smallest absolute Gasteiger partial charge is 0.228 e. The molecule has 0 radical (unpaired) electrons. The Morgan fingerprint density at radius 2 is 1.83 bits per heavy atom. The molecule has 1 saturated carbocycles. The van der Waals surface area contributed by atoms with E-state index in [9.17, 15) is 0 Å². The van der Waals surface area contributed by atoms with Crippen LogP contribution in [0, 0.1) is 6.92 Å². The summed E-state index contributed by atoms with van der Waals surface area (Å²) in [7, 11) is 0. The van der Waals surface area contributed by atoms with Crippen molar-refractivity contribution in [3.8, 4) is 11.4 Å². The van der Waals surface area contributed by atoms with Gasteiger partial charge in [-0.1, -0.05) is 12.8 Å². The Hall–Kier alpha value is -3.00. The van der Waals surface area contributed by atoms with E-state index in [1.165, 1.54) is 25.7 Å². The van der Waals surface area contributed by atoms with Crippen molar-refractivity contribution in [2.24, 2.45) is 0 Å². The molecule has 2 aliphatic rings. The second kappa shape index (κ2) is 8.39. The standard InChI is InChI=1S/C22H28N8/c1-16-25-15-20(30(16)17-4-2-3-5-17)19-8-9-24-22(27-19)28-21-7-6-18(14-26-21)29-12-10-23-11-13-29/h6-9,14-15,17,23H,2-5,10-13H2,1H3,(H,24,26,27,28). The molecule has 2 N–H and O–H groups in total. The van der Waals surface area contributed by atoms with Crippen molar-refractivity contribution in [3.63, 3.8) is 0 Å². The monoisotopic (exact) mass is 404 g/mol. The van der Waals surface area contributed by atoms with Gasteiger partial charge in [0.15, 0.2) is 0 Å². The molecule has 156 valence electrons. The first kappa shape index (κ1) is 19.0. The molecule has 3 aromatic heterocycles. The number of pyridine rings is 1. The summed E-state index contributed by atoms with van der Waals surface area (Å²) in [6, 6.07) is 6.56. The molecule has 2 fully saturated rings. The topological polar surface area (TPSA) is 83.8 Å². The van der Waals surface area contributed by atoms with Gasteiger partial charge in [0.2, 0.25) is 5.95 Å². The van der Waals surface area contributed by atoms with E-state index in [1.54, 1.807) is 6.20 Å². The van der Waals surface area contributed by atoms with Crippen LogP contribution < -0.4 is 15.5 Å². The van der Waals surface area contributed by atoms with Crippen LogP contribution in [0.15, 0.2) is 36.8 Å². The summed E-state index contributed by atoms with van der Waals surface area (Å²) in [4.78, 5) is 20.6. The van der Waals surface area contributed by atoms with Gasteiger partial charge < -0.3 is 20.1 Å². The molecule has 30 heavy (non-hydrogen) atoms. The normalized spacial score (nSPS) is 17.4. The number of hydrogen-bond donors (Lipinski definition) is 2.